The Bertz CT molecular complexity index is 797. The van der Waals surface area contributed by atoms with Crippen molar-refractivity contribution in [3.63, 3.8) is 0 Å². The van der Waals surface area contributed by atoms with Crippen molar-refractivity contribution in [3.8, 4) is 12.3 Å². The largest absolute Gasteiger partial charge is 0.463 e. The van der Waals surface area contributed by atoms with Gasteiger partial charge in [0.2, 0.25) is 5.91 Å². The van der Waals surface area contributed by atoms with Crippen molar-refractivity contribution >= 4 is 19.0 Å². The molecule has 1 amide bonds. The monoisotopic (exact) mass is 394 g/mol. The number of fused-ring (bicyclic) bond motifs is 1. The molecule has 1 aliphatic rings. The third-order valence-corrected chi connectivity index (χ3v) is 4.64. The quantitative estimate of drug-likeness (QED) is 0.287. The first kappa shape index (κ1) is 22.6. The Morgan fingerprint density at radius 2 is 2.10 bits per heavy atom. The van der Waals surface area contributed by atoms with E-state index in [0.29, 0.717) is 31.1 Å². The summed E-state index contributed by atoms with van der Waals surface area (Å²) in [6, 6.07) is 5.76. The van der Waals surface area contributed by atoms with Gasteiger partial charge in [0.25, 0.3) is 5.95 Å². The van der Waals surface area contributed by atoms with Gasteiger partial charge in [0, 0.05) is 30.8 Å². The van der Waals surface area contributed by atoms with E-state index >= 15 is 0 Å². The molecule has 1 N–H and O–H groups in total. The SMILES string of the molecule is C#CCCC(=O)NC1[B]Cc2c(cccc2C(=O)CC(C)OC(=C)OC(C)C)C1. The number of nitrogens with one attached hydrogen (secondary N) is 1. The predicted octanol–water partition coefficient (Wildman–Crippen LogP) is 3.18. The van der Waals surface area contributed by atoms with Gasteiger partial charge in [-0.05, 0) is 44.9 Å². The number of benzene rings is 1. The van der Waals surface area contributed by atoms with E-state index in [1.165, 1.54) is 0 Å². The summed E-state index contributed by atoms with van der Waals surface area (Å²) in [5, 5.41) is 2.99. The molecular formula is C23H29BNO4. The first-order chi connectivity index (χ1) is 13.8. The van der Waals surface area contributed by atoms with E-state index < -0.39 is 0 Å². The summed E-state index contributed by atoms with van der Waals surface area (Å²) in [5.74, 6) is 2.64. The lowest BCUT2D eigenvalue weighted by Crippen LogP contribution is -2.44. The lowest BCUT2D eigenvalue weighted by Gasteiger charge is -2.26. The number of ether oxygens (including phenoxy) is 2. The Kier molecular flexibility index (Phi) is 8.39. The van der Waals surface area contributed by atoms with Gasteiger partial charge in [-0.2, -0.15) is 0 Å². The zero-order chi connectivity index (χ0) is 21.4. The second kappa shape index (κ2) is 10.8. The van der Waals surface area contributed by atoms with Gasteiger partial charge in [0.15, 0.2) is 5.78 Å². The Morgan fingerprint density at radius 3 is 2.79 bits per heavy atom. The Labute approximate surface area is 174 Å². The maximum absolute atomic E-state index is 12.9. The van der Waals surface area contributed by atoms with Crippen molar-refractivity contribution in [2.24, 2.45) is 0 Å². The molecule has 2 unspecified atom stereocenters. The molecule has 0 aromatic heterocycles. The number of carbonyl (C=O) groups excluding carboxylic acids is 2. The molecule has 1 aromatic rings. The average Bonchev–Trinajstić information content (AvgIpc) is 2.64. The molecule has 0 aliphatic carbocycles. The Morgan fingerprint density at radius 1 is 1.34 bits per heavy atom. The van der Waals surface area contributed by atoms with E-state index in [-0.39, 0.29) is 42.2 Å². The highest BCUT2D eigenvalue weighted by molar-refractivity contribution is 6.38. The molecule has 29 heavy (non-hydrogen) atoms. The van der Waals surface area contributed by atoms with Gasteiger partial charge in [0.1, 0.15) is 13.4 Å². The molecule has 1 radical (unpaired) electrons. The molecule has 6 heteroatoms. The second-order valence-corrected chi connectivity index (χ2v) is 7.56. The number of amides is 1. The van der Waals surface area contributed by atoms with Gasteiger partial charge < -0.3 is 14.8 Å². The molecular weight excluding hydrogens is 365 g/mol. The zero-order valence-corrected chi connectivity index (χ0v) is 17.5. The summed E-state index contributed by atoms with van der Waals surface area (Å²) in [4.78, 5) is 24.8. The molecule has 2 rings (SSSR count). The fraction of sp³-hybridized carbons (Fsp3) is 0.478. The molecule has 0 saturated heterocycles. The Balaban J connectivity index is 1.98. The topological polar surface area (TPSA) is 64.6 Å². The number of ketones is 1. The molecule has 153 valence electrons. The number of terminal acetylenes is 1. The van der Waals surface area contributed by atoms with Gasteiger partial charge >= 0.3 is 0 Å². The molecule has 1 heterocycles. The van der Waals surface area contributed by atoms with Crippen LogP contribution in [0.2, 0.25) is 0 Å². The maximum atomic E-state index is 12.9. The summed E-state index contributed by atoms with van der Waals surface area (Å²) in [6.45, 7) is 9.34. The first-order valence-electron chi connectivity index (χ1n) is 10.0. The van der Waals surface area contributed by atoms with Crippen LogP contribution in [-0.4, -0.2) is 37.1 Å². The second-order valence-electron chi connectivity index (χ2n) is 7.56. The smallest absolute Gasteiger partial charge is 0.272 e. The summed E-state index contributed by atoms with van der Waals surface area (Å²) in [7, 11) is 2.05. The van der Waals surface area contributed by atoms with E-state index in [9.17, 15) is 9.59 Å². The maximum Gasteiger partial charge on any atom is 0.272 e. The number of hydrogen-bond donors (Lipinski definition) is 1. The summed E-state index contributed by atoms with van der Waals surface area (Å²) < 4.78 is 11.0. The number of carbonyl (C=O) groups is 2. The summed E-state index contributed by atoms with van der Waals surface area (Å²) in [5.41, 5.74) is 2.82. The first-order valence-corrected chi connectivity index (χ1v) is 10.0. The minimum Gasteiger partial charge on any atom is -0.463 e. The van der Waals surface area contributed by atoms with Crippen LogP contribution in [0.3, 0.4) is 0 Å². The van der Waals surface area contributed by atoms with Crippen LogP contribution in [0.4, 0.5) is 0 Å². The Hall–Kier alpha value is -2.68. The molecule has 0 spiro atoms. The number of rotatable bonds is 10. The fourth-order valence-corrected chi connectivity index (χ4v) is 3.41. The van der Waals surface area contributed by atoms with Crippen LogP contribution in [-0.2, 0) is 27.0 Å². The number of hydrogen-bond acceptors (Lipinski definition) is 4. The van der Waals surface area contributed by atoms with Crippen LogP contribution >= 0.6 is 0 Å². The van der Waals surface area contributed by atoms with Crippen LogP contribution in [0.15, 0.2) is 30.7 Å². The molecule has 1 aromatic carbocycles. The van der Waals surface area contributed by atoms with Crippen LogP contribution in [0, 0.1) is 12.3 Å². The highest BCUT2D eigenvalue weighted by Crippen LogP contribution is 2.24. The molecule has 0 fully saturated rings. The van der Waals surface area contributed by atoms with Crippen molar-refractivity contribution in [2.45, 2.75) is 70.9 Å². The molecule has 5 nitrogen and oxygen atoms in total. The molecule has 1 aliphatic heterocycles. The number of Topliss-reactive ketones (excluding diaryl/α,β-unsaturated/α-hetero) is 1. The van der Waals surface area contributed by atoms with Crippen LogP contribution in [0.1, 0.15) is 61.5 Å². The minimum atomic E-state index is -0.333. The highest BCUT2D eigenvalue weighted by atomic mass is 16.7. The van der Waals surface area contributed by atoms with Gasteiger partial charge in [0.05, 0.1) is 6.10 Å². The van der Waals surface area contributed by atoms with Crippen molar-refractivity contribution in [1.82, 2.24) is 5.32 Å². The highest BCUT2D eigenvalue weighted by Gasteiger charge is 2.25. The van der Waals surface area contributed by atoms with E-state index in [2.05, 4.69) is 17.8 Å². The van der Waals surface area contributed by atoms with Crippen molar-refractivity contribution in [1.29, 1.82) is 0 Å². The minimum absolute atomic E-state index is 0.0246. The normalized spacial score (nSPS) is 16.0. The van der Waals surface area contributed by atoms with Gasteiger partial charge in [-0.1, -0.05) is 24.5 Å². The van der Waals surface area contributed by atoms with Gasteiger partial charge in [-0.15, -0.1) is 12.3 Å². The fourth-order valence-electron chi connectivity index (χ4n) is 3.41. The molecule has 2 atom stereocenters. The van der Waals surface area contributed by atoms with E-state index in [1.807, 2.05) is 46.2 Å². The lowest BCUT2D eigenvalue weighted by atomic mass is 9.57. The predicted molar refractivity (Wildman–Crippen MR) is 114 cm³/mol. The van der Waals surface area contributed by atoms with Crippen LogP contribution in [0.5, 0.6) is 0 Å². The standard InChI is InChI=1S/C23H29BNO4/c1-6-7-11-23(27)25-22-13-18-9-8-10-19(20(18)14-24-22)21(26)12-16(4)29-17(5)28-15(2)3/h1,8-10,15-16,22H,5,7,11-14H2,2-4H3,(H,25,27). The van der Waals surface area contributed by atoms with Gasteiger partial charge in [-0.3, -0.25) is 9.59 Å². The van der Waals surface area contributed by atoms with Crippen molar-refractivity contribution in [2.75, 3.05) is 0 Å². The van der Waals surface area contributed by atoms with Crippen LogP contribution in [0.25, 0.3) is 0 Å². The zero-order valence-electron chi connectivity index (χ0n) is 17.5. The molecule has 0 saturated carbocycles. The summed E-state index contributed by atoms with van der Waals surface area (Å²) in [6.07, 6.45) is 7.16. The van der Waals surface area contributed by atoms with Crippen molar-refractivity contribution in [3.05, 3.63) is 47.4 Å². The third kappa shape index (κ3) is 7.01. The van der Waals surface area contributed by atoms with Crippen molar-refractivity contribution < 1.29 is 19.1 Å². The van der Waals surface area contributed by atoms with Gasteiger partial charge in [-0.25, -0.2) is 0 Å². The summed E-state index contributed by atoms with van der Waals surface area (Å²) >= 11 is 0. The van der Waals surface area contributed by atoms with E-state index in [1.54, 1.807) is 0 Å². The average molecular weight is 394 g/mol. The molecule has 0 bridgehead atoms. The van der Waals surface area contributed by atoms with Crippen LogP contribution < -0.4 is 5.32 Å². The van der Waals surface area contributed by atoms with E-state index in [4.69, 9.17) is 15.9 Å². The van der Waals surface area contributed by atoms with E-state index in [0.717, 1.165) is 11.1 Å². The third-order valence-electron chi connectivity index (χ3n) is 4.64. The lowest BCUT2D eigenvalue weighted by molar-refractivity contribution is -0.121.